The normalized spacial score (nSPS) is 24.0. The van der Waals surface area contributed by atoms with Gasteiger partial charge in [-0.05, 0) is 26.0 Å². The zero-order valence-corrected chi connectivity index (χ0v) is 13.5. The first-order chi connectivity index (χ1) is 10.9. The molecule has 2 rings (SSSR count). The fraction of sp³-hybridized carbons (Fsp3) is 0.533. The smallest absolute Gasteiger partial charge is 0.296 e. The van der Waals surface area contributed by atoms with E-state index in [0.717, 1.165) is 18.0 Å². The molecule has 8 nitrogen and oxygen atoms in total. The Morgan fingerprint density at radius 3 is 2.65 bits per heavy atom. The van der Waals surface area contributed by atoms with Crippen LogP contribution in [-0.4, -0.2) is 49.8 Å². The van der Waals surface area contributed by atoms with Crippen LogP contribution in [0.15, 0.2) is 18.2 Å². The summed E-state index contributed by atoms with van der Waals surface area (Å²) in [5, 5.41) is 13.7. The Kier molecular flexibility index (Phi) is 5.51. The largest absolute Gasteiger partial charge is 0.496 e. The van der Waals surface area contributed by atoms with Crippen LogP contribution in [-0.2, 0) is 9.53 Å². The maximum Gasteiger partial charge on any atom is 0.296 e. The Morgan fingerprint density at radius 1 is 1.43 bits per heavy atom. The van der Waals surface area contributed by atoms with Crippen molar-refractivity contribution in [2.75, 3.05) is 32.1 Å². The predicted molar refractivity (Wildman–Crippen MR) is 83.9 cm³/mol. The van der Waals surface area contributed by atoms with E-state index >= 15 is 0 Å². The Balaban J connectivity index is 2.04. The zero-order valence-electron chi connectivity index (χ0n) is 13.5. The van der Waals surface area contributed by atoms with Crippen LogP contribution in [0, 0.1) is 10.1 Å². The summed E-state index contributed by atoms with van der Waals surface area (Å²) in [7, 11) is 1.43. The van der Waals surface area contributed by atoms with Gasteiger partial charge in [0.1, 0.15) is 36.7 Å². The van der Waals surface area contributed by atoms with E-state index in [1.807, 2.05) is 13.8 Å². The molecule has 1 fully saturated rings. The molecule has 1 aliphatic rings. The molecule has 1 heterocycles. The van der Waals surface area contributed by atoms with Crippen molar-refractivity contribution in [1.82, 2.24) is 0 Å². The van der Waals surface area contributed by atoms with E-state index in [1.165, 1.54) is 19.2 Å². The number of hydrogen-bond acceptors (Lipinski definition) is 5. The Bertz CT molecular complexity index is 582. The predicted octanol–water partition coefficient (Wildman–Crippen LogP) is 0.234. The summed E-state index contributed by atoms with van der Waals surface area (Å²) in [4.78, 5) is 23.9. The molecular weight excluding hydrogens is 302 g/mol. The van der Waals surface area contributed by atoms with Crippen LogP contribution >= 0.6 is 0 Å². The monoisotopic (exact) mass is 324 g/mol. The number of carbonyl (C=O) groups is 1. The van der Waals surface area contributed by atoms with Crippen molar-refractivity contribution in [3.63, 3.8) is 0 Å². The van der Waals surface area contributed by atoms with E-state index in [4.69, 9.17) is 9.47 Å². The van der Waals surface area contributed by atoms with E-state index in [9.17, 15) is 14.9 Å². The number of nitrogens with one attached hydrogen (secondary N) is 2. The van der Waals surface area contributed by atoms with Crippen LogP contribution in [0.4, 0.5) is 11.4 Å². The summed E-state index contributed by atoms with van der Waals surface area (Å²) in [6, 6.07) is 4.35. The van der Waals surface area contributed by atoms with Crippen LogP contribution in [0.5, 0.6) is 5.75 Å². The third-order valence-corrected chi connectivity index (χ3v) is 3.70. The number of methoxy groups -OCH3 is 1. The maximum atomic E-state index is 12.2. The Hall–Kier alpha value is -2.19. The van der Waals surface area contributed by atoms with Gasteiger partial charge in [0.2, 0.25) is 0 Å². The summed E-state index contributed by atoms with van der Waals surface area (Å²) < 4.78 is 10.6. The highest BCUT2D eigenvalue weighted by Gasteiger charge is 2.28. The van der Waals surface area contributed by atoms with Crippen LogP contribution < -0.4 is 15.0 Å². The lowest BCUT2D eigenvalue weighted by Crippen LogP contribution is -3.16. The van der Waals surface area contributed by atoms with Gasteiger partial charge in [-0.25, -0.2) is 0 Å². The molecule has 2 atom stereocenters. The third kappa shape index (κ3) is 4.64. The van der Waals surface area contributed by atoms with Gasteiger partial charge >= 0.3 is 0 Å². The summed E-state index contributed by atoms with van der Waals surface area (Å²) in [6.07, 6.45) is 0.189. The summed E-state index contributed by atoms with van der Waals surface area (Å²) in [5.41, 5.74) is -0.00836. The number of morpholine rings is 1. The Labute approximate surface area is 134 Å². The number of hydrogen-bond donors (Lipinski definition) is 2. The van der Waals surface area contributed by atoms with Crippen LogP contribution in [0.1, 0.15) is 13.8 Å². The van der Waals surface area contributed by atoms with E-state index < -0.39 is 4.92 Å². The molecule has 1 amide bonds. The van der Waals surface area contributed by atoms with E-state index in [1.54, 1.807) is 6.07 Å². The number of nitrogens with zero attached hydrogens (tertiary/aromatic N) is 1. The second kappa shape index (κ2) is 7.38. The van der Waals surface area contributed by atoms with Crippen LogP contribution in [0.3, 0.4) is 0 Å². The van der Waals surface area contributed by atoms with E-state index in [-0.39, 0.29) is 36.0 Å². The standard InChI is InChI=1S/C15H21N3O5/c1-10-7-17(8-11(2)23-10)9-15(19)16-13-5-4-12(22-3)6-14(13)18(20)21/h4-6,10-11H,7-9H2,1-3H3,(H,16,19)/p+1/t10-,11-/m0/s1. The molecule has 126 valence electrons. The van der Waals surface area contributed by atoms with Crippen LogP contribution in [0.2, 0.25) is 0 Å². The van der Waals surface area contributed by atoms with Crippen molar-refractivity contribution in [3.8, 4) is 5.75 Å². The molecule has 0 aromatic heterocycles. The molecule has 0 unspecified atom stereocenters. The van der Waals surface area contributed by atoms with Crippen molar-refractivity contribution in [3.05, 3.63) is 28.3 Å². The molecule has 0 bridgehead atoms. The first-order valence-electron chi connectivity index (χ1n) is 7.50. The minimum absolute atomic E-state index is 0.0943. The van der Waals surface area contributed by atoms with Gasteiger partial charge in [0.25, 0.3) is 11.6 Å². The highest BCUT2D eigenvalue weighted by molar-refractivity contribution is 5.93. The molecule has 0 spiro atoms. The number of nitro groups is 1. The van der Waals surface area contributed by atoms with Crippen molar-refractivity contribution >= 4 is 17.3 Å². The third-order valence-electron chi connectivity index (χ3n) is 3.70. The molecule has 1 aliphatic heterocycles. The quantitative estimate of drug-likeness (QED) is 0.597. The Morgan fingerprint density at radius 2 is 2.09 bits per heavy atom. The second-order valence-corrected chi connectivity index (χ2v) is 5.78. The lowest BCUT2D eigenvalue weighted by atomic mass is 10.2. The summed E-state index contributed by atoms with van der Waals surface area (Å²) in [5.74, 6) is 0.116. The van der Waals surface area contributed by atoms with Gasteiger partial charge in [-0.15, -0.1) is 0 Å². The molecule has 8 heteroatoms. The number of ether oxygens (including phenoxy) is 2. The zero-order chi connectivity index (χ0) is 17.0. The number of anilines is 1. The van der Waals surface area contributed by atoms with Gasteiger partial charge in [0.05, 0.1) is 18.1 Å². The molecule has 0 radical (unpaired) electrons. The lowest BCUT2D eigenvalue weighted by molar-refractivity contribution is -0.907. The molecule has 2 N–H and O–H groups in total. The van der Waals surface area contributed by atoms with Crippen molar-refractivity contribution in [2.45, 2.75) is 26.1 Å². The van der Waals surface area contributed by atoms with Gasteiger partial charge in [-0.2, -0.15) is 0 Å². The fourth-order valence-electron chi connectivity index (χ4n) is 2.85. The van der Waals surface area contributed by atoms with Crippen molar-refractivity contribution < 1.29 is 24.1 Å². The van der Waals surface area contributed by atoms with Gasteiger partial charge in [-0.1, -0.05) is 0 Å². The second-order valence-electron chi connectivity index (χ2n) is 5.78. The van der Waals surface area contributed by atoms with E-state index in [2.05, 4.69) is 5.32 Å². The molecule has 23 heavy (non-hydrogen) atoms. The minimum Gasteiger partial charge on any atom is -0.496 e. The van der Waals surface area contributed by atoms with Gasteiger partial charge in [-0.3, -0.25) is 14.9 Å². The topological polar surface area (TPSA) is 95.1 Å². The average Bonchev–Trinajstić information content (AvgIpc) is 2.46. The number of rotatable bonds is 5. The van der Waals surface area contributed by atoms with Crippen LogP contribution in [0.25, 0.3) is 0 Å². The van der Waals surface area contributed by atoms with Gasteiger partial charge in [0.15, 0.2) is 6.54 Å². The maximum absolute atomic E-state index is 12.2. The molecule has 1 aromatic carbocycles. The van der Waals surface area contributed by atoms with Gasteiger partial charge in [0, 0.05) is 0 Å². The molecule has 1 saturated heterocycles. The number of carbonyl (C=O) groups excluding carboxylic acids is 1. The highest BCUT2D eigenvalue weighted by atomic mass is 16.6. The number of quaternary nitrogens is 1. The summed E-state index contributed by atoms with van der Waals surface area (Å²) in [6.45, 7) is 5.68. The van der Waals surface area contributed by atoms with Crippen molar-refractivity contribution in [1.29, 1.82) is 0 Å². The summed E-state index contributed by atoms with van der Waals surface area (Å²) >= 11 is 0. The average molecular weight is 324 g/mol. The fourth-order valence-corrected chi connectivity index (χ4v) is 2.85. The molecule has 0 saturated carbocycles. The number of benzene rings is 1. The SMILES string of the molecule is COc1ccc(NC(=O)C[NH+]2C[C@H](C)O[C@@H](C)C2)c([N+](=O)[O-])c1. The van der Waals surface area contributed by atoms with Crippen molar-refractivity contribution in [2.24, 2.45) is 0 Å². The lowest BCUT2D eigenvalue weighted by Gasteiger charge is -2.31. The first-order valence-corrected chi connectivity index (χ1v) is 7.50. The molecular formula is C15H22N3O5+. The molecule has 0 aliphatic carbocycles. The minimum atomic E-state index is -0.538. The highest BCUT2D eigenvalue weighted by Crippen LogP contribution is 2.28. The van der Waals surface area contributed by atoms with E-state index in [0.29, 0.717) is 5.75 Å². The number of amides is 1. The number of nitro benzene ring substituents is 1. The molecule has 1 aromatic rings. The first kappa shape index (κ1) is 17.2. The van der Waals surface area contributed by atoms with Gasteiger partial charge < -0.3 is 19.7 Å².